The molecule has 1 radical (unpaired) electrons. The van der Waals surface area contributed by atoms with Crippen LogP contribution in [0, 0.1) is 0 Å². The Balaban J connectivity index is 1.62. The summed E-state index contributed by atoms with van der Waals surface area (Å²) in [7, 11) is -2.08. The van der Waals surface area contributed by atoms with Crippen molar-refractivity contribution >= 4 is 69.4 Å². The Labute approximate surface area is 238 Å². The van der Waals surface area contributed by atoms with E-state index in [0.717, 1.165) is 11.0 Å². The SMILES string of the molecule is C[B]c1ccc(C[C@]2(C)C(=O)N(c3cc(Cl)cc(Cl)c3)c3ncc(S(=O)(=O)N4CCN(C(C)=O)CC4)n32)cc1. The number of hydrogen-bond donors (Lipinski definition) is 0. The molecule has 0 saturated carbocycles. The maximum absolute atomic E-state index is 14.2. The summed E-state index contributed by atoms with van der Waals surface area (Å²) >= 11 is 12.5. The number of hydrogen-bond acceptors (Lipinski definition) is 5. The first-order valence-electron chi connectivity index (χ1n) is 12.5. The number of imidazole rings is 1. The Hall–Kier alpha value is -2.86. The van der Waals surface area contributed by atoms with Gasteiger partial charge in [-0.15, -0.1) is 0 Å². The fraction of sp³-hybridized carbons (Fsp3) is 0.346. The Bertz CT molecular complexity index is 1530. The van der Waals surface area contributed by atoms with Crippen LogP contribution in [0.25, 0.3) is 0 Å². The first-order chi connectivity index (χ1) is 18.5. The second-order valence-corrected chi connectivity index (χ2v) is 12.6. The number of halogens is 2. The first-order valence-corrected chi connectivity index (χ1v) is 14.7. The number of nitrogens with zero attached hydrogens (tertiary/aromatic N) is 5. The van der Waals surface area contributed by atoms with Crippen molar-refractivity contribution in [3.05, 3.63) is 64.3 Å². The van der Waals surface area contributed by atoms with E-state index in [4.69, 9.17) is 23.2 Å². The van der Waals surface area contributed by atoms with Crippen molar-refractivity contribution in [1.82, 2.24) is 18.8 Å². The van der Waals surface area contributed by atoms with Gasteiger partial charge in [0.15, 0.2) is 5.03 Å². The lowest BCUT2D eigenvalue weighted by Gasteiger charge is -2.34. The van der Waals surface area contributed by atoms with Crippen molar-refractivity contribution in [1.29, 1.82) is 0 Å². The van der Waals surface area contributed by atoms with E-state index in [-0.39, 0.29) is 42.3 Å². The van der Waals surface area contributed by atoms with Crippen LogP contribution in [0.5, 0.6) is 0 Å². The zero-order valence-corrected chi connectivity index (χ0v) is 24.1. The normalized spacial score (nSPS) is 19.9. The van der Waals surface area contributed by atoms with Gasteiger partial charge in [-0.2, -0.15) is 4.31 Å². The van der Waals surface area contributed by atoms with Gasteiger partial charge in [0.2, 0.25) is 11.9 Å². The van der Waals surface area contributed by atoms with Gasteiger partial charge in [0.25, 0.3) is 15.9 Å². The van der Waals surface area contributed by atoms with Gasteiger partial charge in [0.1, 0.15) is 12.8 Å². The molecule has 1 atom stereocenters. The van der Waals surface area contributed by atoms with E-state index >= 15 is 0 Å². The minimum Gasteiger partial charge on any atom is -0.340 e. The number of benzene rings is 2. The molecule has 0 bridgehead atoms. The molecule has 0 spiro atoms. The molecule has 5 rings (SSSR count). The minimum atomic E-state index is -4.05. The van der Waals surface area contributed by atoms with Crippen molar-refractivity contribution in [2.24, 2.45) is 0 Å². The molecule has 39 heavy (non-hydrogen) atoms. The Morgan fingerprint density at radius 1 is 1.05 bits per heavy atom. The number of aromatic nitrogens is 2. The van der Waals surface area contributed by atoms with Gasteiger partial charge in [0, 0.05) is 49.6 Å². The number of piperazine rings is 1. The van der Waals surface area contributed by atoms with E-state index in [1.165, 1.54) is 26.9 Å². The minimum absolute atomic E-state index is 0.0845. The van der Waals surface area contributed by atoms with Crippen molar-refractivity contribution in [2.45, 2.75) is 37.7 Å². The summed E-state index contributed by atoms with van der Waals surface area (Å²) in [4.78, 5) is 33.4. The zero-order chi connectivity index (χ0) is 28.1. The number of carbonyl (C=O) groups excluding carboxylic acids is 2. The molecule has 13 heteroatoms. The molecular weight excluding hydrogens is 560 g/mol. The molecule has 1 saturated heterocycles. The van der Waals surface area contributed by atoms with E-state index in [2.05, 4.69) is 4.98 Å². The molecule has 2 aliphatic rings. The lowest BCUT2D eigenvalue weighted by Crippen LogP contribution is -2.50. The van der Waals surface area contributed by atoms with Crippen molar-refractivity contribution in [3.8, 4) is 0 Å². The van der Waals surface area contributed by atoms with Gasteiger partial charge in [0.05, 0.1) is 11.9 Å². The highest BCUT2D eigenvalue weighted by Gasteiger charge is 2.52. The maximum atomic E-state index is 14.2. The predicted octanol–water partition coefficient (Wildman–Crippen LogP) is 3.06. The predicted molar refractivity (Wildman–Crippen MR) is 152 cm³/mol. The van der Waals surface area contributed by atoms with Crippen LogP contribution in [0.4, 0.5) is 11.6 Å². The van der Waals surface area contributed by atoms with Gasteiger partial charge in [-0.3, -0.25) is 14.2 Å². The Kier molecular flexibility index (Phi) is 7.30. The second kappa shape index (κ2) is 10.3. The van der Waals surface area contributed by atoms with Crippen molar-refractivity contribution in [2.75, 3.05) is 31.1 Å². The van der Waals surface area contributed by atoms with Gasteiger partial charge >= 0.3 is 0 Å². The molecular formula is C26H27BCl2N5O4S. The third-order valence-electron chi connectivity index (χ3n) is 7.32. The van der Waals surface area contributed by atoms with E-state index in [0.29, 0.717) is 28.8 Å². The fourth-order valence-electron chi connectivity index (χ4n) is 5.21. The van der Waals surface area contributed by atoms with E-state index in [1.807, 2.05) is 38.4 Å². The first kappa shape index (κ1) is 27.7. The largest absolute Gasteiger partial charge is 0.340 e. The quantitative estimate of drug-likeness (QED) is 0.414. The average molecular weight is 587 g/mol. The summed E-state index contributed by atoms with van der Waals surface area (Å²) in [6, 6.07) is 12.5. The average Bonchev–Trinajstić information content (AvgIpc) is 3.42. The summed E-state index contributed by atoms with van der Waals surface area (Å²) < 4.78 is 30.8. The molecule has 203 valence electrons. The Morgan fingerprint density at radius 3 is 2.23 bits per heavy atom. The summed E-state index contributed by atoms with van der Waals surface area (Å²) in [6.07, 6.45) is 1.52. The molecule has 2 amide bonds. The van der Waals surface area contributed by atoms with E-state index in [1.54, 1.807) is 30.0 Å². The Morgan fingerprint density at radius 2 is 1.67 bits per heavy atom. The van der Waals surface area contributed by atoms with Gasteiger partial charge < -0.3 is 4.90 Å². The number of sulfonamides is 1. The number of anilines is 2. The number of carbonyl (C=O) groups is 2. The summed E-state index contributed by atoms with van der Waals surface area (Å²) in [5.41, 5.74) is 0.971. The van der Waals surface area contributed by atoms with Crippen LogP contribution in [0.3, 0.4) is 0 Å². The third kappa shape index (κ3) is 4.86. The standard InChI is InChI=1S/C26H27BCl2N5O4S/c1-17(35)31-8-10-32(11-9-31)39(37,38)23-16-30-25-33(22-13-20(28)12-21(29)14-22)24(36)26(2,34(23)25)15-18-4-6-19(27-3)7-5-18/h4-7,12-14,16H,8-11,15H2,1-3H3/t26-/m1/s1. The zero-order valence-electron chi connectivity index (χ0n) is 21.8. The smallest absolute Gasteiger partial charge is 0.260 e. The lowest BCUT2D eigenvalue weighted by atomic mass is 9.73. The molecule has 3 heterocycles. The molecule has 1 fully saturated rings. The van der Waals surface area contributed by atoms with Gasteiger partial charge in [-0.1, -0.05) is 59.8 Å². The molecule has 0 unspecified atom stereocenters. The number of fused-ring (bicyclic) bond motifs is 1. The van der Waals surface area contributed by atoms with Gasteiger partial charge in [-0.05, 0) is 30.7 Å². The molecule has 3 aromatic rings. The van der Waals surface area contributed by atoms with Crippen molar-refractivity contribution < 1.29 is 18.0 Å². The molecule has 0 aliphatic carbocycles. The summed E-state index contributed by atoms with van der Waals surface area (Å²) in [6.45, 7) is 6.01. The van der Waals surface area contributed by atoms with Crippen molar-refractivity contribution in [3.63, 3.8) is 0 Å². The highest BCUT2D eigenvalue weighted by Crippen LogP contribution is 2.44. The number of amides is 2. The summed E-state index contributed by atoms with van der Waals surface area (Å²) in [5, 5.41) is 0.581. The molecule has 0 N–H and O–H groups in total. The van der Waals surface area contributed by atoms with Crippen LogP contribution in [0.15, 0.2) is 53.7 Å². The summed E-state index contributed by atoms with van der Waals surface area (Å²) in [5.74, 6) is -0.286. The second-order valence-electron chi connectivity index (χ2n) is 9.89. The topological polar surface area (TPSA) is 95.8 Å². The maximum Gasteiger partial charge on any atom is 0.260 e. The van der Waals surface area contributed by atoms with Gasteiger partial charge in [-0.25, -0.2) is 18.3 Å². The van der Waals surface area contributed by atoms with Crippen LogP contribution in [0.1, 0.15) is 19.4 Å². The third-order valence-corrected chi connectivity index (χ3v) is 9.62. The van der Waals surface area contributed by atoms with Crippen LogP contribution in [-0.2, 0) is 31.6 Å². The fourth-order valence-corrected chi connectivity index (χ4v) is 7.34. The van der Waals surface area contributed by atoms with E-state index < -0.39 is 15.6 Å². The van der Waals surface area contributed by atoms with Crippen LogP contribution < -0.4 is 10.4 Å². The number of rotatable bonds is 6. The lowest BCUT2D eigenvalue weighted by molar-refractivity contribution is -0.130. The monoisotopic (exact) mass is 586 g/mol. The van der Waals surface area contributed by atoms with E-state index in [9.17, 15) is 18.0 Å². The van der Waals surface area contributed by atoms with Crippen LogP contribution in [-0.4, -0.2) is 72.4 Å². The highest BCUT2D eigenvalue weighted by molar-refractivity contribution is 7.89. The molecule has 1 aromatic heterocycles. The molecule has 2 aliphatic heterocycles. The van der Waals surface area contributed by atoms with Crippen LogP contribution in [0.2, 0.25) is 16.9 Å². The molecule has 9 nitrogen and oxygen atoms in total. The highest BCUT2D eigenvalue weighted by atomic mass is 35.5. The molecule has 2 aromatic carbocycles. The van der Waals surface area contributed by atoms with Crippen LogP contribution >= 0.6 is 23.2 Å².